The average Bonchev–Trinajstić information content (AvgIpc) is 2.44. The van der Waals surface area contributed by atoms with E-state index in [0.717, 1.165) is 35.5 Å². The number of aliphatic hydroxyl groups is 1. The Labute approximate surface area is 138 Å². The number of nitrogen functional groups attached to an aromatic ring is 1. The molecule has 0 bridgehead atoms. The number of nitrogens with zero attached hydrogens (tertiary/aromatic N) is 2. The van der Waals surface area contributed by atoms with E-state index in [4.69, 9.17) is 5.73 Å². The minimum absolute atomic E-state index is 0.105. The highest BCUT2D eigenvalue weighted by molar-refractivity contribution is 5.85. The number of fused-ring (bicyclic) bond motifs is 1. The van der Waals surface area contributed by atoms with Gasteiger partial charge in [0.15, 0.2) is 0 Å². The Balaban J connectivity index is 2.57. The van der Waals surface area contributed by atoms with Gasteiger partial charge in [0.1, 0.15) is 11.6 Å². The Hall–Kier alpha value is -2.01. The van der Waals surface area contributed by atoms with E-state index in [2.05, 4.69) is 49.0 Å². The Morgan fingerprint density at radius 2 is 2.13 bits per heavy atom. The Morgan fingerprint density at radius 1 is 1.39 bits per heavy atom. The number of hydrogen-bond donors (Lipinski definition) is 3. The molecule has 23 heavy (non-hydrogen) atoms. The van der Waals surface area contributed by atoms with Crippen molar-refractivity contribution in [3.05, 3.63) is 29.5 Å². The summed E-state index contributed by atoms with van der Waals surface area (Å²) in [5, 5.41) is 12.8. The van der Waals surface area contributed by atoms with Gasteiger partial charge in [-0.3, -0.25) is 0 Å². The second-order valence-corrected chi connectivity index (χ2v) is 6.85. The highest BCUT2D eigenvalue weighted by Crippen LogP contribution is 2.36. The zero-order valence-electron chi connectivity index (χ0n) is 14.6. The zero-order chi connectivity index (χ0) is 17.0. The van der Waals surface area contributed by atoms with E-state index in [1.807, 2.05) is 18.3 Å². The maximum Gasteiger partial charge on any atom is 0.138 e. The van der Waals surface area contributed by atoms with E-state index < -0.39 is 0 Å². The largest absolute Gasteiger partial charge is 0.395 e. The maximum atomic E-state index is 9.36. The quantitative estimate of drug-likeness (QED) is 0.777. The van der Waals surface area contributed by atoms with E-state index in [1.165, 1.54) is 0 Å². The second kappa shape index (κ2) is 7.04. The molecule has 0 amide bonds. The molecule has 1 aromatic heterocycles. The topological polar surface area (TPSA) is 74.4 Å². The summed E-state index contributed by atoms with van der Waals surface area (Å²) in [6, 6.07) is 1.90. The Morgan fingerprint density at radius 3 is 2.74 bits per heavy atom. The maximum absolute atomic E-state index is 9.36. The first-order valence-electron chi connectivity index (χ1n) is 8.20. The van der Waals surface area contributed by atoms with Gasteiger partial charge in [0.25, 0.3) is 0 Å². The van der Waals surface area contributed by atoms with Crippen LogP contribution in [0.5, 0.6) is 0 Å². The number of β-amino-alcohol motifs (C(OH)–C–C–N with tert-alkyl or cyclic N) is 1. The summed E-state index contributed by atoms with van der Waals surface area (Å²) in [6.07, 6.45) is 8.29. The van der Waals surface area contributed by atoms with E-state index in [1.54, 1.807) is 0 Å². The van der Waals surface area contributed by atoms with Gasteiger partial charge in [0.05, 0.1) is 6.61 Å². The number of hydrogen-bond acceptors (Lipinski definition) is 5. The molecule has 5 nitrogen and oxygen atoms in total. The van der Waals surface area contributed by atoms with Crippen LogP contribution in [0.25, 0.3) is 11.8 Å². The minimum Gasteiger partial charge on any atom is -0.395 e. The van der Waals surface area contributed by atoms with Crippen LogP contribution >= 0.6 is 0 Å². The highest BCUT2D eigenvalue weighted by atomic mass is 16.3. The van der Waals surface area contributed by atoms with Crippen LogP contribution in [0.3, 0.4) is 0 Å². The van der Waals surface area contributed by atoms with E-state index >= 15 is 0 Å². The van der Waals surface area contributed by atoms with Gasteiger partial charge in [-0.25, -0.2) is 4.98 Å². The predicted molar refractivity (Wildman–Crippen MR) is 97.7 cm³/mol. The molecule has 1 aromatic rings. The lowest BCUT2D eigenvalue weighted by molar-refractivity contribution is 0.267. The van der Waals surface area contributed by atoms with E-state index in [9.17, 15) is 5.11 Å². The number of allylic oxidation sites excluding steroid dienone is 1. The fourth-order valence-electron chi connectivity index (χ4n) is 2.63. The van der Waals surface area contributed by atoms with Crippen molar-refractivity contribution >= 4 is 23.4 Å². The Kier molecular flexibility index (Phi) is 5.31. The molecule has 5 heteroatoms. The van der Waals surface area contributed by atoms with Crippen LogP contribution < -0.4 is 11.1 Å². The van der Waals surface area contributed by atoms with Crippen LogP contribution in [0.15, 0.2) is 18.3 Å². The molecule has 0 spiro atoms. The molecule has 4 N–H and O–H groups in total. The van der Waals surface area contributed by atoms with Crippen molar-refractivity contribution in [2.24, 2.45) is 0 Å². The van der Waals surface area contributed by atoms with Crippen LogP contribution in [0.4, 0.5) is 11.6 Å². The van der Waals surface area contributed by atoms with Gasteiger partial charge >= 0.3 is 0 Å². The number of pyridine rings is 1. The van der Waals surface area contributed by atoms with Gasteiger partial charge in [-0.2, -0.15) is 0 Å². The monoisotopic (exact) mass is 316 g/mol. The first-order valence-corrected chi connectivity index (χ1v) is 8.20. The summed E-state index contributed by atoms with van der Waals surface area (Å²) in [4.78, 5) is 6.60. The molecule has 0 aromatic carbocycles. The predicted octanol–water partition coefficient (Wildman–Crippen LogP) is 3.29. The molecule has 0 fully saturated rings. The highest BCUT2D eigenvalue weighted by Gasteiger charge is 2.24. The fraction of sp³-hybridized carbons (Fsp3) is 0.500. The van der Waals surface area contributed by atoms with E-state index in [0.29, 0.717) is 12.4 Å². The van der Waals surface area contributed by atoms with Gasteiger partial charge in [-0.05, 0) is 44.9 Å². The lowest BCUT2D eigenvalue weighted by Crippen LogP contribution is -2.30. The molecular weight excluding hydrogens is 288 g/mol. The number of unbranched alkanes of at least 4 members (excludes halogenated alkanes) is 1. The van der Waals surface area contributed by atoms with Gasteiger partial charge in [0, 0.05) is 29.5 Å². The number of aromatic nitrogens is 1. The molecule has 126 valence electrons. The molecule has 0 atom stereocenters. The summed E-state index contributed by atoms with van der Waals surface area (Å²) in [7, 11) is 0. The second-order valence-electron chi connectivity index (χ2n) is 6.85. The third-order valence-electron chi connectivity index (χ3n) is 3.53. The zero-order valence-corrected chi connectivity index (χ0v) is 14.6. The molecule has 0 saturated heterocycles. The number of nitrogens with two attached hydrogens (primary N) is 1. The van der Waals surface area contributed by atoms with Gasteiger partial charge < -0.3 is 21.1 Å². The number of aliphatic hydroxyl groups excluding tert-OH is 1. The molecular formula is C18H28N4O. The molecule has 1 aliphatic rings. The van der Waals surface area contributed by atoms with Crippen LogP contribution in [-0.2, 0) is 0 Å². The van der Waals surface area contributed by atoms with Crippen molar-refractivity contribution in [1.82, 2.24) is 9.88 Å². The third kappa shape index (κ3) is 4.26. The number of rotatable bonds is 5. The fourth-order valence-corrected chi connectivity index (χ4v) is 2.63. The molecule has 2 rings (SSSR count). The van der Waals surface area contributed by atoms with Crippen molar-refractivity contribution < 1.29 is 5.11 Å². The third-order valence-corrected chi connectivity index (χ3v) is 3.53. The molecule has 0 saturated carbocycles. The number of nitrogens with one attached hydrogen (secondary N) is 1. The minimum atomic E-state index is -0.118. The van der Waals surface area contributed by atoms with Gasteiger partial charge in [-0.15, -0.1) is 0 Å². The number of anilines is 2. The SMILES string of the molecule is CCCC=C1c2c(cc(N)nc2NC(C)(C)C)C=CN1CCO. The van der Waals surface area contributed by atoms with Crippen molar-refractivity contribution in [2.75, 3.05) is 24.2 Å². The molecule has 1 aliphatic heterocycles. The summed E-state index contributed by atoms with van der Waals surface area (Å²) in [6.45, 7) is 9.12. The smallest absolute Gasteiger partial charge is 0.138 e. The average molecular weight is 316 g/mol. The molecule has 2 heterocycles. The van der Waals surface area contributed by atoms with Crippen LogP contribution in [-0.4, -0.2) is 33.7 Å². The van der Waals surface area contributed by atoms with Crippen LogP contribution in [0.1, 0.15) is 51.7 Å². The van der Waals surface area contributed by atoms with Crippen molar-refractivity contribution in [3.8, 4) is 0 Å². The van der Waals surface area contributed by atoms with Crippen molar-refractivity contribution in [3.63, 3.8) is 0 Å². The normalized spacial score (nSPS) is 15.9. The summed E-state index contributed by atoms with van der Waals surface area (Å²) < 4.78 is 0. The first-order chi connectivity index (χ1) is 10.9. The van der Waals surface area contributed by atoms with Crippen molar-refractivity contribution in [2.45, 2.75) is 46.1 Å². The Bertz CT molecular complexity index is 614. The standard InChI is InChI=1S/C18H28N4O/c1-5-6-7-14-16-13(8-9-22(14)10-11-23)12-15(19)20-17(16)21-18(2,3)4/h7-9,12,23H,5-6,10-11H2,1-4H3,(H3,19,20,21). The van der Waals surface area contributed by atoms with E-state index in [-0.39, 0.29) is 12.1 Å². The molecule has 0 radical (unpaired) electrons. The molecule has 0 unspecified atom stereocenters. The lowest BCUT2D eigenvalue weighted by atomic mass is 9.98. The summed E-state index contributed by atoms with van der Waals surface area (Å²) >= 11 is 0. The summed E-state index contributed by atoms with van der Waals surface area (Å²) in [5.41, 5.74) is 9.06. The van der Waals surface area contributed by atoms with Crippen LogP contribution in [0, 0.1) is 0 Å². The van der Waals surface area contributed by atoms with Crippen molar-refractivity contribution in [1.29, 1.82) is 0 Å². The van der Waals surface area contributed by atoms with Gasteiger partial charge in [0.2, 0.25) is 0 Å². The lowest BCUT2D eigenvalue weighted by Gasteiger charge is -2.32. The first kappa shape index (κ1) is 17.3. The van der Waals surface area contributed by atoms with Crippen LogP contribution in [0.2, 0.25) is 0 Å². The molecule has 0 aliphatic carbocycles. The summed E-state index contributed by atoms with van der Waals surface area (Å²) in [5.74, 6) is 1.30. The van der Waals surface area contributed by atoms with Gasteiger partial charge in [-0.1, -0.05) is 19.4 Å².